The molecule has 7 heteroatoms. The molecule has 1 N–H and O–H groups in total. The molecule has 0 spiro atoms. The summed E-state index contributed by atoms with van der Waals surface area (Å²) in [6, 6.07) is 11.4. The number of amides is 2. The summed E-state index contributed by atoms with van der Waals surface area (Å²) >= 11 is 12.0. The fourth-order valence-electron chi connectivity index (χ4n) is 2.39. The van der Waals surface area contributed by atoms with E-state index < -0.39 is 0 Å². The molecule has 0 aliphatic heterocycles. The molecule has 2 aromatic carbocycles. The predicted molar refractivity (Wildman–Crippen MR) is 104 cm³/mol. The van der Waals surface area contributed by atoms with Crippen molar-refractivity contribution in [2.45, 2.75) is 20.3 Å². The molecule has 0 saturated carbocycles. The number of benzene rings is 2. The molecule has 2 amide bonds. The van der Waals surface area contributed by atoms with E-state index in [1.807, 2.05) is 0 Å². The fraction of sp³-hybridized carbons (Fsp3) is 0.211. The molecular formula is C19H18Cl2N2O3. The van der Waals surface area contributed by atoms with Crippen LogP contribution in [0.5, 0.6) is 0 Å². The van der Waals surface area contributed by atoms with Crippen molar-refractivity contribution in [1.82, 2.24) is 0 Å². The van der Waals surface area contributed by atoms with Crippen LogP contribution in [0.1, 0.15) is 30.6 Å². The van der Waals surface area contributed by atoms with Gasteiger partial charge in [-0.15, -0.1) is 0 Å². The number of rotatable bonds is 6. The number of Topliss-reactive ketones (excluding diaryl/α,β-unsaturated/α-hetero) is 1. The van der Waals surface area contributed by atoms with Crippen LogP contribution in [-0.2, 0) is 9.59 Å². The monoisotopic (exact) mass is 392 g/mol. The Bertz CT molecular complexity index is 815. The van der Waals surface area contributed by atoms with Gasteiger partial charge < -0.3 is 10.2 Å². The van der Waals surface area contributed by atoms with Crippen LogP contribution in [0.3, 0.4) is 0 Å². The quantitative estimate of drug-likeness (QED) is 0.731. The minimum absolute atomic E-state index is 0.0415. The lowest BCUT2D eigenvalue weighted by Crippen LogP contribution is -2.32. The third-order valence-corrected chi connectivity index (χ3v) is 4.11. The highest BCUT2D eigenvalue weighted by molar-refractivity contribution is 6.35. The van der Waals surface area contributed by atoms with E-state index in [1.54, 1.807) is 42.5 Å². The van der Waals surface area contributed by atoms with Crippen LogP contribution in [-0.4, -0.2) is 24.1 Å². The zero-order valence-electron chi connectivity index (χ0n) is 14.4. The zero-order chi connectivity index (χ0) is 19.3. The first kappa shape index (κ1) is 19.9. The second-order valence-corrected chi connectivity index (χ2v) is 6.60. The Hall–Kier alpha value is -2.37. The fourth-order valence-corrected chi connectivity index (χ4v) is 2.90. The highest BCUT2D eigenvalue weighted by Gasteiger charge is 2.15. The van der Waals surface area contributed by atoms with Crippen LogP contribution < -0.4 is 10.2 Å². The average Bonchev–Trinajstić information content (AvgIpc) is 2.54. The lowest BCUT2D eigenvalue weighted by atomic mass is 10.1. The largest absolute Gasteiger partial charge is 0.326 e. The lowest BCUT2D eigenvalue weighted by Gasteiger charge is -2.21. The maximum Gasteiger partial charge on any atom is 0.226 e. The van der Waals surface area contributed by atoms with Gasteiger partial charge in [-0.25, -0.2) is 0 Å². The van der Waals surface area contributed by atoms with Crippen LogP contribution in [0.4, 0.5) is 11.4 Å². The first-order valence-electron chi connectivity index (χ1n) is 7.91. The van der Waals surface area contributed by atoms with E-state index in [2.05, 4.69) is 5.32 Å². The second-order valence-electron chi connectivity index (χ2n) is 5.73. The van der Waals surface area contributed by atoms with Crippen molar-refractivity contribution in [3.8, 4) is 0 Å². The standard InChI is InChI=1S/C19H18Cl2N2O3/c1-12(24)14-3-5-17(6-4-14)22-19(26)7-8-23(13(2)25)18-10-15(20)9-16(21)11-18/h3-6,9-11H,7-8H2,1-2H3,(H,22,26). The number of nitrogens with one attached hydrogen (secondary N) is 1. The number of ketones is 1. The van der Waals surface area contributed by atoms with Crippen molar-refractivity contribution < 1.29 is 14.4 Å². The van der Waals surface area contributed by atoms with E-state index >= 15 is 0 Å². The topological polar surface area (TPSA) is 66.5 Å². The summed E-state index contributed by atoms with van der Waals surface area (Å²) in [6.07, 6.45) is 0.0954. The van der Waals surface area contributed by atoms with Gasteiger partial charge in [-0.3, -0.25) is 14.4 Å². The SMILES string of the molecule is CC(=O)c1ccc(NC(=O)CCN(C(C)=O)c2cc(Cl)cc(Cl)c2)cc1. The van der Waals surface area contributed by atoms with Gasteiger partial charge in [0.05, 0.1) is 0 Å². The van der Waals surface area contributed by atoms with Gasteiger partial charge in [-0.1, -0.05) is 23.2 Å². The molecule has 0 unspecified atom stereocenters. The Balaban J connectivity index is 2.01. The summed E-state index contributed by atoms with van der Waals surface area (Å²) in [5.41, 5.74) is 1.69. The molecule has 0 heterocycles. The number of nitrogens with zero attached hydrogens (tertiary/aromatic N) is 1. The Morgan fingerprint density at radius 2 is 1.54 bits per heavy atom. The van der Waals surface area contributed by atoms with Crippen molar-refractivity contribution in [3.05, 3.63) is 58.1 Å². The van der Waals surface area contributed by atoms with Crippen molar-refractivity contribution in [1.29, 1.82) is 0 Å². The summed E-state index contributed by atoms with van der Waals surface area (Å²) in [4.78, 5) is 36.8. The summed E-state index contributed by atoms with van der Waals surface area (Å²) in [6.45, 7) is 3.07. The van der Waals surface area contributed by atoms with Gasteiger partial charge in [0.1, 0.15) is 0 Å². The van der Waals surface area contributed by atoms with Gasteiger partial charge in [-0.05, 0) is 49.4 Å². The third kappa shape index (κ3) is 5.58. The number of halogens is 2. The molecule has 136 valence electrons. The van der Waals surface area contributed by atoms with Gasteiger partial charge in [-0.2, -0.15) is 0 Å². The molecule has 0 aromatic heterocycles. The van der Waals surface area contributed by atoms with Crippen LogP contribution in [0.15, 0.2) is 42.5 Å². The molecular weight excluding hydrogens is 375 g/mol. The van der Waals surface area contributed by atoms with Gasteiger partial charge in [0.25, 0.3) is 0 Å². The lowest BCUT2D eigenvalue weighted by molar-refractivity contribution is -0.117. The first-order chi connectivity index (χ1) is 12.3. The van der Waals surface area contributed by atoms with Crippen molar-refractivity contribution in [3.63, 3.8) is 0 Å². The number of carbonyl (C=O) groups is 3. The highest BCUT2D eigenvalue weighted by Crippen LogP contribution is 2.25. The molecule has 0 radical (unpaired) electrons. The van der Waals surface area contributed by atoms with Crippen molar-refractivity contribution >= 4 is 52.2 Å². The first-order valence-corrected chi connectivity index (χ1v) is 8.67. The maximum atomic E-state index is 12.2. The average molecular weight is 393 g/mol. The number of carbonyl (C=O) groups excluding carboxylic acids is 3. The third-order valence-electron chi connectivity index (χ3n) is 3.68. The van der Waals surface area contributed by atoms with Crippen LogP contribution in [0.2, 0.25) is 10.0 Å². The van der Waals surface area contributed by atoms with E-state index in [0.29, 0.717) is 27.0 Å². The Morgan fingerprint density at radius 3 is 2.04 bits per heavy atom. The Morgan fingerprint density at radius 1 is 0.962 bits per heavy atom. The normalized spacial score (nSPS) is 10.3. The molecule has 0 aliphatic carbocycles. The van der Waals surface area contributed by atoms with Crippen molar-refractivity contribution in [2.75, 3.05) is 16.8 Å². The minimum Gasteiger partial charge on any atom is -0.326 e. The van der Waals surface area contributed by atoms with Gasteiger partial charge in [0, 0.05) is 46.9 Å². The second kappa shape index (κ2) is 8.83. The van der Waals surface area contributed by atoms with Crippen LogP contribution in [0.25, 0.3) is 0 Å². The Kier molecular flexibility index (Phi) is 6.77. The molecule has 5 nitrogen and oxygen atoms in total. The van der Waals surface area contributed by atoms with E-state index in [4.69, 9.17) is 23.2 Å². The van der Waals surface area contributed by atoms with Crippen LogP contribution in [0, 0.1) is 0 Å². The molecule has 0 saturated heterocycles. The van der Waals surface area contributed by atoms with Gasteiger partial charge >= 0.3 is 0 Å². The maximum absolute atomic E-state index is 12.2. The molecule has 0 aliphatic rings. The predicted octanol–water partition coefficient (Wildman–Crippen LogP) is 4.58. The highest BCUT2D eigenvalue weighted by atomic mass is 35.5. The number of anilines is 2. The minimum atomic E-state index is -0.250. The Labute approximate surface area is 161 Å². The number of hydrogen-bond acceptors (Lipinski definition) is 3. The molecule has 26 heavy (non-hydrogen) atoms. The molecule has 2 aromatic rings. The summed E-state index contributed by atoms with van der Waals surface area (Å²) in [7, 11) is 0. The van der Waals surface area contributed by atoms with E-state index in [1.165, 1.54) is 18.7 Å². The van der Waals surface area contributed by atoms with Crippen molar-refractivity contribution in [2.24, 2.45) is 0 Å². The van der Waals surface area contributed by atoms with Gasteiger partial charge in [0.2, 0.25) is 11.8 Å². The molecule has 0 fully saturated rings. The van der Waals surface area contributed by atoms with Crippen LogP contribution >= 0.6 is 23.2 Å². The summed E-state index contributed by atoms with van der Waals surface area (Å²) in [5.74, 6) is -0.512. The van der Waals surface area contributed by atoms with E-state index in [-0.39, 0.29) is 30.6 Å². The summed E-state index contributed by atoms with van der Waals surface area (Å²) < 4.78 is 0. The van der Waals surface area contributed by atoms with E-state index in [0.717, 1.165) is 0 Å². The molecule has 2 rings (SSSR count). The zero-order valence-corrected chi connectivity index (χ0v) is 15.9. The smallest absolute Gasteiger partial charge is 0.226 e. The molecule has 0 atom stereocenters. The van der Waals surface area contributed by atoms with Gasteiger partial charge in [0.15, 0.2) is 5.78 Å². The number of hydrogen-bond donors (Lipinski definition) is 1. The van der Waals surface area contributed by atoms with E-state index in [9.17, 15) is 14.4 Å². The summed E-state index contributed by atoms with van der Waals surface area (Å²) in [5, 5.41) is 3.56. The molecule has 0 bridgehead atoms.